The van der Waals surface area contributed by atoms with E-state index in [1.54, 1.807) is 12.1 Å². The van der Waals surface area contributed by atoms with Crippen LogP contribution < -0.4 is 10.1 Å². The minimum atomic E-state index is -0.455. The number of benzene rings is 2. The molecule has 0 fully saturated rings. The summed E-state index contributed by atoms with van der Waals surface area (Å²) in [7, 11) is 0. The molecular formula is C23H20F2N4O2. The van der Waals surface area contributed by atoms with Crippen LogP contribution in [0.25, 0.3) is 11.3 Å². The minimum absolute atomic E-state index is 0.145. The first-order chi connectivity index (χ1) is 14.8. The molecule has 0 bridgehead atoms. The zero-order valence-corrected chi connectivity index (χ0v) is 17.1. The number of ether oxygens (including phenoxy) is 1. The van der Waals surface area contributed by atoms with Gasteiger partial charge in [0, 0.05) is 29.8 Å². The Bertz CT molecular complexity index is 1190. The summed E-state index contributed by atoms with van der Waals surface area (Å²) >= 11 is 0. The van der Waals surface area contributed by atoms with Crippen LogP contribution in [-0.2, 0) is 17.9 Å². The van der Waals surface area contributed by atoms with E-state index in [1.165, 1.54) is 26.0 Å². The van der Waals surface area contributed by atoms with Crippen LogP contribution in [0.4, 0.5) is 14.5 Å². The Labute approximate surface area is 178 Å². The van der Waals surface area contributed by atoms with E-state index in [4.69, 9.17) is 4.74 Å². The second kappa shape index (κ2) is 9.22. The van der Waals surface area contributed by atoms with Crippen LogP contribution in [0.1, 0.15) is 30.7 Å². The van der Waals surface area contributed by atoms with Crippen molar-refractivity contribution in [2.24, 2.45) is 0 Å². The highest BCUT2D eigenvalue weighted by Gasteiger charge is 2.19. The van der Waals surface area contributed by atoms with E-state index < -0.39 is 5.82 Å². The molecule has 2 heterocycles. The molecule has 1 aliphatic heterocycles. The third kappa shape index (κ3) is 5.34. The largest absolute Gasteiger partial charge is 0.487 e. The lowest BCUT2D eigenvalue weighted by Gasteiger charge is -2.09. The maximum Gasteiger partial charge on any atom is 0.221 e. The normalized spacial score (nSPS) is 11.5. The highest BCUT2D eigenvalue weighted by atomic mass is 19.1. The number of allylic oxidation sites excluding steroid dienone is 1. The number of hydrogen-bond acceptors (Lipinski definition) is 4. The minimum Gasteiger partial charge on any atom is -0.487 e. The lowest BCUT2D eigenvalue weighted by Crippen LogP contribution is -2.06. The number of anilines is 1. The molecule has 4 rings (SSSR count). The summed E-state index contributed by atoms with van der Waals surface area (Å²) < 4.78 is 31.9. The molecular weight excluding hydrogens is 402 g/mol. The molecule has 0 unspecified atom stereocenters. The summed E-state index contributed by atoms with van der Waals surface area (Å²) in [5, 5.41) is 16.6. The molecule has 3 aromatic rings. The molecule has 1 N–H and O–H groups in total. The van der Waals surface area contributed by atoms with Gasteiger partial charge < -0.3 is 10.1 Å². The molecule has 1 amide bonds. The first-order valence-electron chi connectivity index (χ1n) is 9.38. The average molecular weight is 422 g/mol. The van der Waals surface area contributed by atoms with E-state index >= 15 is 0 Å². The van der Waals surface area contributed by atoms with Crippen LogP contribution in [-0.4, -0.2) is 15.7 Å². The number of nitrogens with one attached hydrogen (secondary N) is 1. The summed E-state index contributed by atoms with van der Waals surface area (Å²) in [4.78, 5) is 11.2. The number of carbonyl (C=O) groups excluding carboxylic acids is 1. The van der Waals surface area contributed by atoms with Gasteiger partial charge in [-0.2, -0.15) is 10.4 Å². The van der Waals surface area contributed by atoms with Crippen molar-refractivity contribution in [1.29, 1.82) is 5.26 Å². The summed E-state index contributed by atoms with van der Waals surface area (Å²) in [6.07, 6.45) is 0. The van der Waals surface area contributed by atoms with Crippen molar-refractivity contribution in [2.45, 2.75) is 27.0 Å². The molecule has 158 valence electrons. The predicted molar refractivity (Wildman–Crippen MR) is 112 cm³/mol. The third-order valence-electron chi connectivity index (χ3n) is 4.32. The van der Waals surface area contributed by atoms with Gasteiger partial charge in [0.25, 0.3) is 0 Å². The van der Waals surface area contributed by atoms with Gasteiger partial charge >= 0.3 is 0 Å². The van der Waals surface area contributed by atoms with Gasteiger partial charge in [-0.1, -0.05) is 12.6 Å². The predicted octanol–water partition coefficient (Wildman–Crippen LogP) is 4.95. The quantitative estimate of drug-likeness (QED) is 0.634. The standard InChI is InChI=1S/C20H15FN4O2.C3H5F/c1-12(26)23-16-4-2-13-10-25-17(11-27-20(13)7-16)8-19(24-25)18-5-3-15(21)6-14(18)9-22;1-3(2)4/h2-8H,10-11H2,1H3,(H,23,26);1H2,2H3. The van der Waals surface area contributed by atoms with E-state index in [9.17, 15) is 18.8 Å². The number of halogens is 2. The molecule has 6 nitrogen and oxygen atoms in total. The summed E-state index contributed by atoms with van der Waals surface area (Å²) in [6.45, 7) is 6.44. The van der Waals surface area contributed by atoms with Crippen LogP contribution in [0.2, 0.25) is 0 Å². The van der Waals surface area contributed by atoms with Gasteiger partial charge in [-0.05, 0) is 37.3 Å². The van der Waals surface area contributed by atoms with Gasteiger partial charge in [-0.15, -0.1) is 0 Å². The lowest BCUT2D eigenvalue weighted by atomic mass is 10.1. The number of nitrogens with zero attached hydrogens (tertiary/aromatic N) is 3. The molecule has 8 heteroatoms. The van der Waals surface area contributed by atoms with Gasteiger partial charge in [-0.25, -0.2) is 8.78 Å². The number of fused-ring (bicyclic) bond motifs is 2. The van der Waals surface area contributed by atoms with Gasteiger partial charge in [0.1, 0.15) is 18.2 Å². The zero-order chi connectivity index (χ0) is 22.5. The Morgan fingerprint density at radius 1 is 1.26 bits per heavy atom. The van der Waals surface area contributed by atoms with Crippen molar-refractivity contribution in [1.82, 2.24) is 9.78 Å². The van der Waals surface area contributed by atoms with E-state index in [2.05, 4.69) is 17.0 Å². The van der Waals surface area contributed by atoms with Crippen molar-refractivity contribution < 1.29 is 18.3 Å². The van der Waals surface area contributed by atoms with Crippen molar-refractivity contribution in [3.63, 3.8) is 0 Å². The monoisotopic (exact) mass is 422 g/mol. The Morgan fingerprint density at radius 3 is 2.68 bits per heavy atom. The van der Waals surface area contributed by atoms with Gasteiger partial charge in [0.05, 0.1) is 35.4 Å². The third-order valence-corrected chi connectivity index (χ3v) is 4.32. The van der Waals surface area contributed by atoms with Crippen molar-refractivity contribution in [3.05, 3.63) is 77.5 Å². The van der Waals surface area contributed by atoms with Gasteiger partial charge in [-0.3, -0.25) is 9.48 Å². The molecule has 0 aliphatic carbocycles. The van der Waals surface area contributed by atoms with E-state index in [-0.39, 0.29) is 17.3 Å². The second-order valence-electron chi connectivity index (χ2n) is 6.95. The SMILES string of the molecule is C=C(C)F.CC(=O)Nc1ccc2c(c1)OCc1cc(-c3ccc(F)cc3C#N)nn1C2. The smallest absolute Gasteiger partial charge is 0.221 e. The second-order valence-corrected chi connectivity index (χ2v) is 6.95. The number of hydrogen-bond donors (Lipinski definition) is 1. The zero-order valence-electron chi connectivity index (χ0n) is 17.1. The molecule has 0 atom stereocenters. The van der Waals surface area contributed by atoms with Gasteiger partial charge in [0.2, 0.25) is 5.91 Å². The number of rotatable bonds is 2. The number of carbonyl (C=O) groups is 1. The molecule has 31 heavy (non-hydrogen) atoms. The fourth-order valence-corrected chi connectivity index (χ4v) is 3.09. The highest BCUT2D eigenvalue weighted by molar-refractivity contribution is 5.88. The first kappa shape index (κ1) is 21.7. The Morgan fingerprint density at radius 2 is 2.00 bits per heavy atom. The molecule has 1 aliphatic rings. The summed E-state index contributed by atoms with van der Waals surface area (Å²) in [5.41, 5.74) is 3.87. The Balaban J connectivity index is 0.000000628. The topological polar surface area (TPSA) is 79.9 Å². The number of amides is 1. The fourth-order valence-electron chi connectivity index (χ4n) is 3.09. The van der Waals surface area contributed by atoms with Crippen LogP contribution in [0.15, 0.2) is 54.9 Å². The molecule has 0 saturated heterocycles. The van der Waals surface area contributed by atoms with E-state index in [1.807, 2.05) is 29.0 Å². The Hall–Kier alpha value is -3.99. The lowest BCUT2D eigenvalue weighted by molar-refractivity contribution is -0.114. The van der Waals surface area contributed by atoms with E-state index in [0.717, 1.165) is 11.3 Å². The molecule has 0 radical (unpaired) electrons. The number of aromatic nitrogens is 2. The van der Waals surface area contributed by atoms with Crippen LogP contribution in [0.3, 0.4) is 0 Å². The van der Waals surface area contributed by atoms with Crippen LogP contribution >= 0.6 is 0 Å². The van der Waals surface area contributed by atoms with Crippen LogP contribution in [0.5, 0.6) is 5.75 Å². The highest BCUT2D eigenvalue weighted by Crippen LogP contribution is 2.30. The maximum atomic E-state index is 13.4. The maximum absolute atomic E-state index is 13.4. The fraction of sp³-hybridized carbons (Fsp3) is 0.174. The summed E-state index contributed by atoms with van der Waals surface area (Å²) in [6, 6.07) is 13.4. The average Bonchev–Trinajstić information content (AvgIpc) is 3.01. The Kier molecular flexibility index (Phi) is 6.46. The molecule has 2 aromatic carbocycles. The van der Waals surface area contributed by atoms with Crippen molar-refractivity contribution in [3.8, 4) is 23.1 Å². The number of nitriles is 1. The summed E-state index contributed by atoms with van der Waals surface area (Å²) in [5.74, 6) is -0.246. The molecule has 1 aromatic heterocycles. The molecule has 0 spiro atoms. The van der Waals surface area contributed by atoms with Crippen molar-refractivity contribution >= 4 is 11.6 Å². The first-order valence-corrected chi connectivity index (χ1v) is 9.38. The van der Waals surface area contributed by atoms with E-state index in [0.29, 0.717) is 35.8 Å². The van der Waals surface area contributed by atoms with Crippen LogP contribution in [0, 0.1) is 17.1 Å². The molecule has 0 saturated carbocycles. The van der Waals surface area contributed by atoms with Gasteiger partial charge in [0.15, 0.2) is 0 Å². The van der Waals surface area contributed by atoms with Crippen molar-refractivity contribution in [2.75, 3.05) is 5.32 Å².